The minimum atomic E-state index is -0.0767. The number of fused-ring (bicyclic) bond motifs is 7. The molecule has 9 aromatic rings. The average molecular weight is 710 g/mol. The van der Waals surface area contributed by atoms with E-state index in [9.17, 15) is 0 Å². The maximum Gasteiger partial charge on any atom is 0.164 e. The fourth-order valence-electron chi connectivity index (χ4n) is 7.97. The highest BCUT2D eigenvalue weighted by Crippen LogP contribution is 2.48. The zero-order chi connectivity index (χ0) is 35.6. The molecule has 0 saturated carbocycles. The molecule has 7 aromatic carbocycles. The van der Waals surface area contributed by atoms with Crippen LogP contribution in [-0.2, 0) is 0 Å². The number of rotatable bonds is 5. The summed E-state index contributed by atoms with van der Waals surface area (Å²) in [5.74, 6) is 2.83. The van der Waals surface area contributed by atoms with E-state index in [-0.39, 0.29) is 12.0 Å². The van der Waals surface area contributed by atoms with Gasteiger partial charge in [-0.25, -0.2) is 15.0 Å². The summed E-state index contributed by atoms with van der Waals surface area (Å²) in [5, 5.41) is 4.81. The van der Waals surface area contributed by atoms with E-state index in [0.717, 1.165) is 44.5 Å². The minimum absolute atomic E-state index is 0.0582. The van der Waals surface area contributed by atoms with E-state index in [1.54, 1.807) is 11.3 Å². The summed E-state index contributed by atoms with van der Waals surface area (Å²) in [6.07, 6.45) is 8.47. The van der Waals surface area contributed by atoms with Crippen molar-refractivity contribution in [1.29, 1.82) is 0 Å². The summed E-state index contributed by atoms with van der Waals surface area (Å²) >= 11 is 1.80. The van der Waals surface area contributed by atoms with Gasteiger partial charge in [-0.15, -0.1) is 11.3 Å². The molecule has 254 valence electrons. The topological polar surface area (TPSA) is 47.9 Å². The second kappa shape index (κ2) is 12.5. The Bertz CT molecular complexity index is 2980. The van der Waals surface area contributed by atoms with E-state index in [0.29, 0.717) is 17.5 Å². The summed E-state index contributed by atoms with van der Waals surface area (Å²) in [6, 6.07) is 53.7. The molecule has 2 atom stereocenters. The lowest BCUT2D eigenvalue weighted by atomic mass is 9.87. The van der Waals surface area contributed by atoms with Crippen molar-refractivity contribution in [2.24, 2.45) is 0 Å². The van der Waals surface area contributed by atoms with E-state index in [1.165, 1.54) is 36.7 Å². The lowest BCUT2D eigenvalue weighted by Gasteiger charge is -2.17. The van der Waals surface area contributed by atoms with Gasteiger partial charge >= 0.3 is 0 Å². The number of aromatic nitrogens is 3. The van der Waals surface area contributed by atoms with Crippen LogP contribution < -0.4 is 4.74 Å². The van der Waals surface area contributed by atoms with Crippen molar-refractivity contribution in [2.45, 2.75) is 12.0 Å². The molecule has 0 radical (unpaired) electrons. The second-order valence-corrected chi connectivity index (χ2v) is 15.0. The first-order valence-electron chi connectivity index (χ1n) is 18.2. The lowest BCUT2D eigenvalue weighted by Crippen LogP contribution is -2.16. The molecule has 1 aliphatic carbocycles. The molecule has 0 N–H and O–H groups in total. The first kappa shape index (κ1) is 30.9. The molecular weight excluding hydrogens is 679 g/mol. The van der Waals surface area contributed by atoms with Gasteiger partial charge in [-0.3, -0.25) is 0 Å². The zero-order valence-electron chi connectivity index (χ0n) is 29.1. The van der Waals surface area contributed by atoms with Crippen LogP contribution in [0.5, 0.6) is 5.75 Å². The number of nitrogens with zero attached hydrogens (tertiary/aromatic N) is 3. The second-order valence-electron chi connectivity index (χ2n) is 13.9. The van der Waals surface area contributed by atoms with Gasteiger partial charge in [0.1, 0.15) is 11.9 Å². The highest BCUT2D eigenvalue weighted by atomic mass is 32.1. The third kappa shape index (κ3) is 5.24. The van der Waals surface area contributed by atoms with E-state index in [1.807, 2.05) is 6.07 Å². The quantitative estimate of drug-likeness (QED) is 0.178. The van der Waals surface area contributed by atoms with Crippen LogP contribution in [0.3, 0.4) is 0 Å². The number of allylic oxidation sites excluding steroid dienone is 2. The SMILES string of the molecule is C1=CC2Oc3cc(-c4ccccc4)cc(-c4nc(-c5ccc6cc(-c7ccccc7)ccc6c5)nc(-c5ccc6c(c5)sc5ccccc56)n4)c3C2C=C1. The molecule has 2 aromatic heterocycles. The Hall–Kier alpha value is -6.69. The molecule has 0 fully saturated rings. The average Bonchev–Trinajstić information content (AvgIpc) is 3.81. The van der Waals surface area contributed by atoms with Gasteiger partial charge in [0.2, 0.25) is 0 Å². The zero-order valence-corrected chi connectivity index (χ0v) is 29.9. The summed E-state index contributed by atoms with van der Waals surface area (Å²) in [4.78, 5) is 15.8. The Morgan fingerprint density at radius 1 is 0.444 bits per heavy atom. The normalized spacial score (nSPS) is 15.8. The van der Waals surface area contributed by atoms with Crippen LogP contribution in [-0.4, -0.2) is 21.1 Å². The summed E-state index contributed by atoms with van der Waals surface area (Å²) in [6.45, 7) is 0. The van der Waals surface area contributed by atoms with Crippen molar-refractivity contribution in [3.63, 3.8) is 0 Å². The summed E-state index contributed by atoms with van der Waals surface area (Å²) < 4.78 is 9.10. The Morgan fingerprint density at radius 2 is 1.06 bits per heavy atom. The van der Waals surface area contributed by atoms with Gasteiger partial charge in [-0.1, -0.05) is 133 Å². The first-order valence-corrected chi connectivity index (χ1v) is 19.1. The van der Waals surface area contributed by atoms with Crippen LogP contribution in [0, 0.1) is 0 Å². The molecule has 5 heteroatoms. The molecule has 11 rings (SSSR count). The predicted octanol–water partition coefficient (Wildman–Crippen LogP) is 12.7. The monoisotopic (exact) mass is 709 g/mol. The Labute approximate surface area is 316 Å². The van der Waals surface area contributed by atoms with Crippen LogP contribution >= 0.6 is 11.3 Å². The van der Waals surface area contributed by atoms with Gasteiger partial charge in [0.05, 0.1) is 0 Å². The number of hydrogen-bond acceptors (Lipinski definition) is 5. The maximum atomic E-state index is 6.62. The van der Waals surface area contributed by atoms with Crippen LogP contribution in [0.25, 0.3) is 87.4 Å². The minimum Gasteiger partial charge on any atom is -0.485 e. The lowest BCUT2D eigenvalue weighted by molar-refractivity contribution is 0.269. The Balaban J connectivity index is 1.12. The summed E-state index contributed by atoms with van der Waals surface area (Å²) in [5.41, 5.74) is 8.52. The molecule has 1 aliphatic heterocycles. The van der Waals surface area contributed by atoms with Crippen molar-refractivity contribution >= 4 is 42.3 Å². The molecule has 2 aliphatic rings. The first-order chi connectivity index (χ1) is 26.7. The maximum absolute atomic E-state index is 6.62. The van der Waals surface area contributed by atoms with Crippen molar-refractivity contribution in [3.05, 3.63) is 182 Å². The predicted molar refractivity (Wildman–Crippen MR) is 223 cm³/mol. The van der Waals surface area contributed by atoms with Crippen LogP contribution in [0.2, 0.25) is 0 Å². The molecule has 0 spiro atoms. The number of thiophene rings is 1. The molecule has 0 saturated heterocycles. The van der Waals surface area contributed by atoms with Gasteiger partial charge in [-0.05, 0) is 75.5 Å². The third-order valence-electron chi connectivity index (χ3n) is 10.6. The van der Waals surface area contributed by atoms with Gasteiger partial charge in [0.25, 0.3) is 0 Å². The molecule has 3 heterocycles. The van der Waals surface area contributed by atoms with E-state index in [4.69, 9.17) is 19.7 Å². The molecule has 0 amide bonds. The Morgan fingerprint density at radius 3 is 1.85 bits per heavy atom. The largest absolute Gasteiger partial charge is 0.485 e. The summed E-state index contributed by atoms with van der Waals surface area (Å²) in [7, 11) is 0. The molecule has 4 nitrogen and oxygen atoms in total. The number of ether oxygens (including phenoxy) is 1. The van der Waals surface area contributed by atoms with Gasteiger partial charge in [-0.2, -0.15) is 0 Å². The smallest absolute Gasteiger partial charge is 0.164 e. The number of hydrogen-bond donors (Lipinski definition) is 0. The highest BCUT2D eigenvalue weighted by molar-refractivity contribution is 7.25. The van der Waals surface area contributed by atoms with Gasteiger partial charge in [0.15, 0.2) is 17.5 Å². The Kier molecular flexibility index (Phi) is 7.13. The van der Waals surface area contributed by atoms with Gasteiger partial charge in [0, 0.05) is 48.3 Å². The fraction of sp³-hybridized carbons (Fsp3) is 0.0408. The number of benzene rings is 7. The van der Waals surface area contributed by atoms with Crippen LogP contribution in [0.4, 0.5) is 0 Å². The molecule has 2 unspecified atom stereocenters. The highest BCUT2D eigenvalue weighted by Gasteiger charge is 2.36. The van der Waals surface area contributed by atoms with Crippen molar-refractivity contribution in [3.8, 4) is 62.2 Å². The molecule has 54 heavy (non-hydrogen) atoms. The van der Waals surface area contributed by atoms with E-state index in [2.05, 4.69) is 170 Å². The standard InChI is InChI=1S/C49H31N3OS/c1-3-11-30(12-4-1)32-19-20-34-26-35(22-21-33(34)25-32)47-50-48(36-23-24-39-38-15-8-10-18-44(38)54-45(39)29-36)52-49(51-47)41-27-37(31-13-5-2-6-14-31)28-43-46(41)40-16-7-9-17-42(40)53-43/h1-29,40,42H. The van der Waals surface area contributed by atoms with Crippen LogP contribution in [0.15, 0.2) is 176 Å². The van der Waals surface area contributed by atoms with Gasteiger partial charge < -0.3 is 4.74 Å². The van der Waals surface area contributed by atoms with Crippen molar-refractivity contribution in [2.75, 3.05) is 0 Å². The van der Waals surface area contributed by atoms with E-state index >= 15 is 0 Å². The van der Waals surface area contributed by atoms with Crippen LogP contribution in [0.1, 0.15) is 11.5 Å². The van der Waals surface area contributed by atoms with Crippen molar-refractivity contribution < 1.29 is 4.74 Å². The molecular formula is C49H31N3OS. The van der Waals surface area contributed by atoms with E-state index < -0.39 is 0 Å². The van der Waals surface area contributed by atoms with Crippen molar-refractivity contribution in [1.82, 2.24) is 15.0 Å². The third-order valence-corrected chi connectivity index (χ3v) is 11.8. The molecule has 0 bridgehead atoms. The fourth-order valence-corrected chi connectivity index (χ4v) is 9.12.